The number of anilines is 1. The molecule has 1 heterocycles. The fraction of sp³-hybridized carbons (Fsp3) is 0.250. The average Bonchev–Trinajstić information content (AvgIpc) is 2.14. The topological polar surface area (TPSA) is 111 Å². The van der Waals surface area contributed by atoms with Crippen LogP contribution in [0.15, 0.2) is 6.20 Å². The molecule has 9 heteroatoms. The number of carboxylic acid groups (broad SMARTS) is 1. The molecule has 94 valence electrons. The summed E-state index contributed by atoms with van der Waals surface area (Å²) in [6, 6.07) is 0. The number of nitrogens with two attached hydrogens (primary N) is 2. The van der Waals surface area contributed by atoms with Crippen LogP contribution in [0, 0.1) is 0 Å². The monoisotopic (exact) mass is 251 g/mol. The number of hydrogen-bond donors (Lipinski definition) is 3. The summed E-state index contributed by atoms with van der Waals surface area (Å²) in [5.41, 5.74) is 9.46. The van der Waals surface area contributed by atoms with Crippen molar-refractivity contribution in [1.29, 1.82) is 0 Å². The maximum Gasteiger partial charge on any atom is 0.574 e. The molecule has 0 bridgehead atoms. The Morgan fingerprint density at radius 2 is 2.12 bits per heavy atom. The van der Waals surface area contributed by atoms with E-state index in [0.29, 0.717) is 0 Å². The zero-order valence-corrected chi connectivity index (χ0v) is 8.28. The van der Waals surface area contributed by atoms with Crippen LogP contribution in [0.2, 0.25) is 0 Å². The van der Waals surface area contributed by atoms with E-state index in [9.17, 15) is 18.0 Å². The number of halogens is 3. The Kier molecular flexibility index (Phi) is 3.42. The van der Waals surface area contributed by atoms with Crippen LogP contribution >= 0.6 is 0 Å². The lowest BCUT2D eigenvalue weighted by Crippen LogP contribution is -2.21. The van der Waals surface area contributed by atoms with Crippen LogP contribution in [-0.4, -0.2) is 22.4 Å². The molecule has 1 aromatic heterocycles. The van der Waals surface area contributed by atoms with Gasteiger partial charge < -0.3 is 21.3 Å². The number of hydrogen-bond acceptors (Lipinski definition) is 5. The Balaban J connectivity index is 3.32. The fourth-order valence-corrected chi connectivity index (χ4v) is 1.10. The van der Waals surface area contributed by atoms with Crippen molar-refractivity contribution >= 4 is 11.7 Å². The molecule has 0 aliphatic heterocycles. The molecule has 0 spiro atoms. The van der Waals surface area contributed by atoms with Crippen LogP contribution in [0.5, 0.6) is 5.88 Å². The normalized spacial score (nSPS) is 11.3. The number of alkyl halides is 3. The molecule has 6 nitrogen and oxygen atoms in total. The van der Waals surface area contributed by atoms with E-state index in [4.69, 9.17) is 16.6 Å². The molecular weight excluding hydrogens is 243 g/mol. The molecule has 0 aliphatic rings. The molecule has 0 unspecified atom stereocenters. The lowest BCUT2D eigenvalue weighted by molar-refractivity contribution is -0.276. The van der Waals surface area contributed by atoms with Gasteiger partial charge >= 0.3 is 12.3 Å². The number of carboxylic acids is 1. The molecule has 0 aliphatic carbocycles. The highest BCUT2D eigenvalue weighted by atomic mass is 19.4. The second kappa shape index (κ2) is 4.45. The molecular formula is C8H8F3N3O3. The summed E-state index contributed by atoms with van der Waals surface area (Å²) in [4.78, 5) is 14.0. The summed E-state index contributed by atoms with van der Waals surface area (Å²) < 4.78 is 39.4. The van der Waals surface area contributed by atoms with Gasteiger partial charge in [-0.15, -0.1) is 13.2 Å². The number of nitrogen functional groups attached to an aromatic ring is 1. The number of nitrogens with zero attached hydrogens (tertiary/aromatic N) is 1. The lowest BCUT2D eigenvalue weighted by atomic mass is 10.1. The molecule has 5 N–H and O–H groups in total. The molecule has 0 saturated heterocycles. The smallest absolute Gasteiger partial charge is 0.477 e. The van der Waals surface area contributed by atoms with Crippen LogP contribution in [0.1, 0.15) is 15.9 Å². The Morgan fingerprint density at radius 3 is 2.53 bits per heavy atom. The molecule has 17 heavy (non-hydrogen) atoms. The van der Waals surface area contributed by atoms with E-state index in [1.165, 1.54) is 0 Å². The van der Waals surface area contributed by atoms with Gasteiger partial charge in [0.2, 0.25) is 5.88 Å². The first-order chi connectivity index (χ1) is 7.76. The van der Waals surface area contributed by atoms with Crippen molar-refractivity contribution < 1.29 is 27.8 Å². The second-order valence-corrected chi connectivity index (χ2v) is 2.93. The van der Waals surface area contributed by atoms with Gasteiger partial charge in [-0.3, -0.25) is 0 Å². The van der Waals surface area contributed by atoms with Crippen LogP contribution in [-0.2, 0) is 6.54 Å². The Morgan fingerprint density at radius 1 is 1.53 bits per heavy atom. The summed E-state index contributed by atoms with van der Waals surface area (Å²) >= 11 is 0. The first-order valence-electron chi connectivity index (χ1n) is 4.22. The third-order valence-electron chi connectivity index (χ3n) is 1.81. The summed E-state index contributed by atoms with van der Waals surface area (Å²) in [6.45, 7) is -0.147. The highest BCUT2D eigenvalue weighted by molar-refractivity contribution is 5.96. The maximum absolute atomic E-state index is 12.0. The van der Waals surface area contributed by atoms with Gasteiger partial charge in [0, 0.05) is 18.3 Å². The third-order valence-corrected chi connectivity index (χ3v) is 1.81. The second-order valence-electron chi connectivity index (χ2n) is 2.93. The minimum Gasteiger partial charge on any atom is -0.477 e. The minimum absolute atomic E-state index is 0.122. The minimum atomic E-state index is -5.05. The molecule has 0 saturated carbocycles. The first-order valence-corrected chi connectivity index (χ1v) is 4.22. The number of aromatic carboxylic acids is 1. The van der Waals surface area contributed by atoms with Crippen LogP contribution < -0.4 is 16.2 Å². The van der Waals surface area contributed by atoms with Crippen molar-refractivity contribution in [2.75, 3.05) is 5.73 Å². The number of pyridine rings is 1. The largest absolute Gasteiger partial charge is 0.574 e. The summed E-state index contributed by atoms with van der Waals surface area (Å²) in [5, 5.41) is 8.76. The predicted octanol–water partition coefficient (Wildman–Crippen LogP) is 0.719. The highest BCUT2D eigenvalue weighted by Gasteiger charge is 2.34. The van der Waals surface area contributed by atoms with E-state index in [1.807, 2.05) is 0 Å². The van der Waals surface area contributed by atoms with E-state index in [1.54, 1.807) is 0 Å². The molecule has 0 atom stereocenters. The van der Waals surface area contributed by atoms with Crippen LogP contribution in [0.25, 0.3) is 0 Å². The zero-order chi connectivity index (χ0) is 13.2. The maximum atomic E-state index is 12.0. The number of rotatable bonds is 3. The van der Waals surface area contributed by atoms with Gasteiger partial charge in [-0.2, -0.15) is 0 Å². The van der Waals surface area contributed by atoms with Crippen molar-refractivity contribution in [3.63, 3.8) is 0 Å². The van der Waals surface area contributed by atoms with E-state index < -0.39 is 29.5 Å². The molecule has 0 fully saturated rings. The molecule has 1 aromatic rings. The molecule has 1 rings (SSSR count). The fourth-order valence-electron chi connectivity index (χ4n) is 1.10. The van der Waals surface area contributed by atoms with Crippen LogP contribution in [0.4, 0.5) is 18.9 Å². The summed E-state index contributed by atoms with van der Waals surface area (Å²) in [5.74, 6) is -2.79. The van der Waals surface area contributed by atoms with Crippen molar-refractivity contribution in [2.45, 2.75) is 12.9 Å². The van der Waals surface area contributed by atoms with Gasteiger partial charge in [0.1, 0.15) is 5.56 Å². The zero-order valence-electron chi connectivity index (χ0n) is 8.28. The number of ether oxygens (including phenoxy) is 1. The SMILES string of the molecule is NCc1cnc(OC(F)(F)F)c(C(=O)O)c1N. The van der Waals surface area contributed by atoms with Crippen molar-refractivity contribution in [3.05, 3.63) is 17.3 Å². The summed E-state index contributed by atoms with van der Waals surface area (Å²) in [7, 11) is 0. The van der Waals surface area contributed by atoms with Gasteiger partial charge in [0.15, 0.2) is 0 Å². The Labute approximate surface area is 93.0 Å². The van der Waals surface area contributed by atoms with Gasteiger partial charge in [-0.1, -0.05) is 0 Å². The molecule has 0 aromatic carbocycles. The quantitative estimate of drug-likeness (QED) is 0.729. The number of aromatic nitrogens is 1. The standard InChI is InChI=1S/C8H8F3N3O3/c9-8(10,11)17-6-4(7(15)16)5(13)3(1-12)2-14-6/h2H,1,12H2,(H2,13,14)(H,15,16). The van der Waals surface area contributed by atoms with Crippen molar-refractivity contribution in [2.24, 2.45) is 5.73 Å². The van der Waals surface area contributed by atoms with Crippen molar-refractivity contribution in [3.8, 4) is 5.88 Å². The molecule has 0 amide bonds. The number of carbonyl (C=O) groups is 1. The third kappa shape index (κ3) is 2.97. The van der Waals surface area contributed by atoms with Gasteiger partial charge in [0.25, 0.3) is 0 Å². The first kappa shape index (κ1) is 13.0. The van der Waals surface area contributed by atoms with E-state index >= 15 is 0 Å². The average molecular weight is 251 g/mol. The van der Waals surface area contributed by atoms with Crippen LogP contribution in [0.3, 0.4) is 0 Å². The van der Waals surface area contributed by atoms with Gasteiger partial charge in [0.05, 0.1) is 5.69 Å². The van der Waals surface area contributed by atoms with E-state index in [-0.39, 0.29) is 12.1 Å². The highest BCUT2D eigenvalue weighted by Crippen LogP contribution is 2.29. The van der Waals surface area contributed by atoms with Gasteiger partial charge in [-0.25, -0.2) is 9.78 Å². The predicted molar refractivity (Wildman–Crippen MR) is 50.2 cm³/mol. The summed E-state index contributed by atoms with van der Waals surface area (Å²) in [6.07, 6.45) is -4.11. The van der Waals surface area contributed by atoms with E-state index in [0.717, 1.165) is 6.20 Å². The Hall–Kier alpha value is -2.03. The lowest BCUT2D eigenvalue weighted by Gasteiger charge is -2.13. The molecule has 0 radical (unpaired) electrons. The van der Waals surface area contributed by atoms with Crippen molar-refractivity contribution in [1.82, 2.24) is 4.98 Å². The Bertz CT molecular complexity index is 448. The van der Waals surface area contributed by atoms with Gasteiger partial charge in [-0.05, 0) is 0 Å². The van der Waals surface area contributed by atoms with E-state index in [2.05, 4.69) is 9.72 Å².